The van der Waals surface area contributed by atoms with Crippen LogP contribution in [0.3, 0.4) is 0 Å². The van der Waals surface area contributed by atoms with E-state index in [1.165, 1.54) is 0 Å². The Morgan fingerprint density at radius 3 is 2.53 bits per heavy atom. The molecule has 4 heteroatoms. The zero-order chi connectivity index (χ0) is 11.6. The second-order valence-electron chi connectivity index (χ2n) is 4.65. The lowest BCUT2D eigenvalue weighted by atomic mass is 9.98. The maximum Gasteiger partial charge on any atom is 0.311 e. The molecule has 1 atom stereocenters. The van der Waals surface area contributed by atoms with E-state index >= 15 is 0 Å². The highest BCUT2D eigenvalue weighted by atomic mass is 16.6. The van der Waals surface area contributed by atoms with Crippen molar-refractivity contribution < 1.29 is 19.1 Å². The van der Waals surface area contributed by atoms with Crippen LogP contribution in [0.1, 0.15) is 33.6 Å². The monoisotopic (exact) mass is 212 g/mol. The van der Waals surface area contributed by atoms with Crippen LogP contribution in [-0.2, 0) is 19.1 Å². The number of ether oxygens (including phenoxy) is 2. The van der Waals surface area contributed by atoms with Crippen molar-refractivity contribution in [3.05, 3.63) is 12.3 Å². The summed E-state index contributed by atoms with van der Waals surface area (Å²) in [7, 11) is 0. The number of cyclic esters (lactones) is 1. The summed E-state index contributed by atoms with van der Waals surface area (Å²) in [6.45, 7) is 8.92. The van der Waals surface area contributed by atoms with Gasteiger partial charge in [0.15, 0.2) is 0 Å². The molecular formula is C11H16O4. The van der Waals surface area contributed by atoms with Gasteiger partial charge in [-0.2, -0.15) is 0 Å². The molecule has 1 unspecified atom stereocenters. The fraction of sp³-hybridized carbons (Fsp3) is 0.636. The van der Waals surface area contributed by atoms with Gasteiger partial charge in [0.25, 0.3) is 0 Å². The highest BCUT2D eigenvalue weighted by molar-refractivity contribution is 5.82. The Morgan fingerprint density at radius 1 is 1.47 bits per heavy atom. The van der Waals surface area contributed by atoms with Crippen molar-refractivity contribution in [1.29, 1.82) is 0 Å². The molecule has 0 saturated carbocycles. The summed E-state index contributed by atoms with van der Waals surface area (Å²) in [6.07, 6.45) is 0.439. The van der Waals surface area contributed by atoms with Gasteiger partial charge in [0, 0.05) is 6.42 Å². The van der Waals surface area contributed by atoms with Crippen molar-refractivity contribution in [2.24, 2.45) is 5.92 Å². The van der Waals surface area contributed by atoms with Gasteiger partial charge in [-0.3, -0.25) is 9.59 Å². The van der Waals surface area contributed by atoms with Crippen LogP contribution >= 0.6 is 0 Å². The summed E-state index contributed by atoms with van der Waals surface area (Å²) in [4.78, 5) is 22.7. The van der Waals surface area contributed by atoms with Crippen LogP contribution < -0.4 is 0 Å². The summed E-state index contributed by atoms with van der Waals surface area (Å²) in [6, 6.07) is 0. The Balaban J connectivity index is 2.60. The van der Waals surface area contributed by atoms with Gasteiger partial charge in [-0.05, 0) is 20.8 Å². The van der Waals surface area contributed by atoms with Crippen LogP contribution in [0.25, 0.3) is 0 Å². The average Bonchev–Trinajstić information content (AvgIpc) is 1.98. The molecule has 15 heavy (non-hydrogen) atoms. The van der Waals surface area contributed by atoms with Gasteiger partial charge in [-0.15, -0.1) is 0 Å². The third kappa shape index (κ3) is 3.73. The molecule has 1 heterocycles. The van der Waals surface area contributed by atoms with E-state index in [4.69, 9.17) is 9.47 Å². The van der Waals surface area contributed by atoms with Crippen molar-refractivity contribution in [1.82, 2.24) is 0 Å². The average molecular weight is 212 g/mol. The molecular weight excluding hydrogens is 196 g/mol. The summed E-state index contributed by atoms with van der Waals surface area (Å²) in [5, 5.41) is 0. The van der Waals surface area contributed by atoms with Crippen LogP contribution in [0.4, 0.5) is 0 Å². The SMILES string of the molecule is C=C1CC(C(=O)OC(C)(C)C)CC(=O)O1. The Labute approximate surface area is 89.2 Å². The molecule has 1 aliphatic heterocycles. The van der Waals surface area contributed by atoms with Crippen molar-refractivity contribution in [2.45, 2.75) is 39.2 Å². The van der Waals surface area contributed by atoms with Crippen molar-refractivity contribution >= 4 is 11.9 Å². The molecule has 1 saturated heterocycles. The van der Waals surface area contributed by atoms with E-state index in [9.17, 15) is 9.59 Å². The number of allylic oxidation sites excluding steroid dienone is 1. The Morgan fingerprint density at radius 2 is 2.07 bits per heavy atom. The zero-order valence-electron chi connectivity index (χ0n) is 9.33. The minimum absolute atomic E-state index is 0.0773. The second-order valence-corrected chi connectivity index (χ2v) is 4.65. The van der Waals surface area contributed by atoms with E-state index in [-0.39, 0.29) is 12.4 Å². The molecule has 0 aliphatic carbocycles. The van der Waals surface area contributed by atoms with Gasteiger partial charge in [0.2, 0.25) is 0 Å². The second kappa shape index (κ2) is 4.04. The van der Waals surface area contributed by atoms with Gasteiger partial charge in [0.05, 0.1) is 12.3 Å². The van der Waals surface area contributed by atoms with Gasteiger partial charge >= 0.3 is 11.9 Å². The zero-order valence-corrected chi connectivity index (χ0v) is 9.33. The molecule has 0 N–H and O–H groups in total. The summed E-state index contributed by atoms with van der Waals surface area (Å²) >= 11 is 0. The molecule has 0 aromatic rings. The van der Waals surface area contributed by atoms with E-state index in [0.717, 1.165) is 0 Å². The van der Waals surface area contributed by atoms with Crippen LogP contribution in [-0.4, -0.2) is 17.5 Å². The lowest BCUT2D eigenvalue weighted by Crippen LogP contribution is -2.32. The number of hydrogen-bond acceptors (Lipinski definition) is 4. The van der Waals surface area contributed by atoms with Crippen LogP contribution in [0.2, 0.25) is 0 Å². The molecule has 0 amide bonds. The van der Waals surface area contributed by atoms with E-state index in [2.05, 4.69) is 6.58 Å². The van der Waals surface area contributed by atoms with Gasteiger partial charge < -0.3 is 9.47 Å². The molecule has 4 nitrogen and oxygen atoms in total. The van der Waals surface area contributed by atoms with Gasteiger partial charge in [-0.25, -0.2) is 0 Å². The smallest absolute Gasteiger partial charge is 0.311 e. The van der Waals surface area contributed by atoms with Crippen LogP contribution in [0, 0.1) is 5.92 Å². The minimum atomic E-state index is -0.528. The van der Waals surface area contributed by atoms with E-state index in [0.29, 0.717) is 12.2 Å². The largest absolute Gasteiger partial charge is 0.460 e. The molecule has 1 rings (SSSR count). The standard InChI is InChI=1S/C11H16O4/c1-7-5-8(6-9(12)14-7)10(13)15-11(2,3)4/h8H,1,5-6H2,2-4H3. The summed E-state index contributed by atoms with van der Waals surface area (Å²) in [5.74, 6) is -0.887. The molecule has 84 valence electrons. The van der Waals surface area contributed by atoms with Crippen LogP contribution in [0.15, 0.2) is 12.3 Å². The Kier molecular flexibility index (Phi) is 3.17. The highest BCUT2D eigenvalue weighted by Gasteiger charge is 2.32. The van der Waals surface area contributed by atoms with E-state index in [1.807, 2.05) is 0 Å². The van der Waals surface area contributed by atoms with E-state index < -0.39 is 17.5 Å². The first-order valence-electron chi connectivity index (χ1n) is 4.89. The number of carbonyl (C=O) groups is 2. The molecule has 1 aliphatic rings. The number of rotatable bonds is 1. The molecule has 1 fully saturated rings. The molecule has 0 bridgehead atoms. The Hall–Kier alpha value is -1.32. The predicted octanol–water partition coefficient (Wildman–Crippen LogP) is 1.79. The minimum Gasteiger partial charge on any atom is -0.460 e. The predicted molar refractivity (Wildman–Crippen MR) is 53.8 cm³/mol. The molecule has 0 spiro atoms. The molecule has 0 aromatic carbocycles. The van der Waals surface area contributed by atoms with Gasteiger partial charge in [0.1, 0.15) is 11.4 Å². The summed E-state index contributed by atoms with van der Waals surface area (Å²) in [5.41, 5.74) is -0.528. The quantitative estimate of drug-likeness (QED) is 0.622. The lowest BCUT2D eigenvalue weighted by Gasteiger charge is -2.26. The van der Waals surface area contributed by atoms with E-state index in [1.54, 1.807) is 20.8 Å². The first kappa shape index (κ1) is 11.8. The first-order chi connectivity index (χ1) is 6.78. The third-order valence-electron chi connectivity index (χ3n) is 1.89. The number of carbonyl (C=O) groups excluding carboxylic acids is 2. The third-order valence-corrected chi connectivity index (χ3v) is 1.89. The summed E-state index contributed by atoms with van der Waals surface area (Å²) < 4.78 is 9.94. The number of esters is 2. The fourth-order valence-corrected chi connectivity index (χ4v) is 1.34. The van der Waals surface area contributed by atoms with Crippen molar-refractivity contribution in [3.63, 3.8) is 0 Å². The first-order valence-corrected chi connectivity index (χ1v) is 4.89. The normalized spacial score (nSPS) is 22.2. The van der Waals surface area contributed by atoms with Crippen molar-refractivity contribution in [3.8, 4) is 0 Å². The fourth-order valence-electron chi connectivity index (χ4n) is 1.34. The lowest BCUT2D eigenvalue weighted by molar-refractivity contribution is -0.166. The molecule has 0 aromatic heterocycles. The van der Waals surface area contributed by atoms with Gasteiger partial charge in [-0.1, -0.05) is 6.58 Å². The molecule has 0 radical (unpaired) electrons. The topological polar surface area (TPSA) is 52.6 Å². The maximum atomic E-state index is 11.6. The number of hydrogen-bond donors (Lipinski definition) is 0. The van der Waals surface area contributed by atoms with Crippen LogP contribution in [0.5, 0.6) is 0 Å². The van der Waals surface area contributed by atoms with Crippen molar-refractivity contribution in [2.75, 3.05) is 0 Å². The highest BCUT2D eigenvalue weighted by Crippen LogP contribution is 2.25. The maximum absolute atomic E-state index is 11.6. The Bertz CT molecular complexity index is 282.